The first kappa shape index (κ1) is 14.8. The number of hydrogen-bond donors (Lipinski definition) is 3. The summed E-state index contributed by atoms with van der Waals surface area (Å²) in [6, 6.07) is 0. The Hall–Kier alpha value is -1.21. The van der Waals surface area contributed by atoms with Gasteiger partial charge in [0.15, 0.2) is 0 Å². The van der Waals surface area contributed by atoms with Gasteiger partial charge < -0.3 is 16.4 Å². The molecule has 7 heteroatoms. The Kier molecular flexibility index (Phi) is 5.49. The molecule has 0 spiro atoms. The highest BCUT2D eigenvalue weighted by Gasteiger charge is 2.24. The maximum absolute atomic E-state index is 11.8. The fourth-order valence-corrected chi connectivity index (χ4v) is 3.72. The van der Waals surface area contributed by atoms with Crippen LogP contribution in [0.2, 0.25) is 0 Å². The summed E-state index contributed by atoms with van der Waals surface area (Å²) in [4.78, 5) is 24.0. The highest BCUT2D eigenvalue weighted by atomic mass is 32.2. The van der Waals surface area contributed by atoms with Gasteiger partial charge in [-0.1, -0.05) is 6.92 Å². The van der Waals surface area contributed by atoms with Gasteiger partial charge in [-0.05, 0) is 12.7 Å². The molecule has 0 unspecified atom stereocenters. The zero-order chi connectivity index (χ0) is 13.7. The number of thiophene rings is 1. The molecule has 0 aliphatic carbocycles. The molecule has 1 heterocycles. The number of nitrogen functional groups attached to an aromatic ring is 1. The van der Waals surface area contributed by atoms with Gasteiger partial charge in [-0.25, -0.2) is 0 Å². The zero-order valence-corrected chi connectivity index (χ0v) is 12.3. The summed E-state index contributed by atoms with van der Waals surface area (Å²) in [5, 5.41) is 5.24. The number of nitrogens with one attached hydrogen (secondary N) is 2. The zero-order valence-electron chi connectivity index (χ0n) is 10.6. The van der Waals surface area contributed by atoms with E-state index in [9.17, 15) is 9.59 Å². The normalized spacial score (nSPS) is 10.2. The summed E-state index contributed by atoms with van der Waals surface area (Å²) in [6.07, 6.45) is 0. The fraction of sp³-hybridized carbons (Fsp3) is 0.455. The molecule has 0 bridgehead atoms. The van der Waals surface area contributed by atoms with E-state index < -0.39 is 0 Å². The Morgan fingerprint density at radius 2 is 2.00 bits per heavy atom. The average Bonchev–Trinajstić information content (AvgIpc) is 2.66. The molecule has 0 aliphatic rings. The van der Waals surface area contributed by atoms with Crippen molar-refractivity contribution >= 4 is 40.6 Å². The molecule has 2 amide bonds. The molecule has 0 aromatic carbocycles. The van der Waals surface area contributed by atoms with Gasteiger partial charge in [-0.15, -0.1) is 23.1 Å². The van der Waals surface area contributed by atoms with Gasteiger partial charge in [-0.2, -0.15) is 0 Å². The van der Waals surface area contributed by atoms with Crippen LogP contribution in [0.5, 0.6) is 0 Å². The van der Waals surface area contributed by atoms with Crippen molar-refractivity contribution in [3.05, 3.63) is 10.4 Å². The van der Waals surface area contributed by atoms with Gasteiger partial charge in [0.05, 0.1) is 15.5 Å². The highest BCUT2D eigenvalue weighted by molar-refractivity contribution is 8.01. The molecule has 0 saturated carbocycles. The third-order valence-corrected chi connectivity index (χ3v) is 4.54. The van der Waals surface area contributed by atoms with E-state index >= 15 is 0 Å². The molecule has 0 fully saturated rings. The van der Waals surface area contributed by atoms with Gasteiger partial charge in [0.2, 0.25) is 0 Å². The number of amides is 2. The van der Waals surface area contributed by atoms with Crippen molar-refractivity contribution < 1.29 is 9.59 Å². The van der Waals surface area contributed by atoms with Crippen LogP contribution in [0.15, 0.2) is 4.21 Å². The third kappa shape index (κ3) is 2.97. The largest absolute Gasteiger partial charge is 0.397 e. The smallest absolute Gasteiger partial charge is 0.263 e. The first-order chi connectivity index (χ1) is 8.56. The Labute approximate surface area is 115 Å². The number of thioether (sulfide) groups is 1. The summed E-state index contributed by atoms with van der Waals surface area (Å²) >= 11 is 2.78. The first-order valence-corrected chi connectivity index (χ1v) is 7.42. The molecule has 0 atom stereocenters. The minimum absolute atomic E-state index is 0.229. The Morgan fingerprint density at radius 3 is 2.50 bits per heavy atom. The van der Waals surface area contributed by atoms with E-state index in [0.717, 1.165) is 9.96 Å². The van der Waals surface area contributed by atoms with Crippen LogP contribution in [-0.2, 0) is 0 Å². The van der Waals surface area contributed by atoms with Gasteiger partial charge >= 0.3 is 0 Å². The molecule has 100 valence electrons. The molecular weight excluding hydrogens is 270 g/mol. The quantitative estimate of drug-likeness (QED) is 0.717. The minimum Gasteiger partial charge on any atom is -0.397 e. The third-order valence-electron chi connectivity index (χ3n) is 2.19. The second kappa shape index (κ2) is 6.65. The van der Waals surface area contributed by atoms with Gasteiger partial charge in [-0.3, -0.25) is 9.59 Å². The number of hydrogen-bond acceptors (Lipinski definition) is 5. The topological polar surface area (TPSA) is 84.2 Å². The predicted molar refractivity (Wildman–Crippen MR) is 76.5 cm³/mol. The Bertz CT molecular complexity index is 457. The summed E-state index contributed by atoms with van der Waals surface area (Å²) < 4.78 is 0.788. The van der Waals surface area contributed by atoms with Crippen molar-refractivity contribution in [2.45, 2.75) is 18.1 Å². The summed E-state index contributed by atoms with van der Waals surface area (Å²) in [5.74, 6) is 0.335. The van der Waals surface area contributed by atoms with Gasteiger partial charge in [0.1, 0.15) is 4.88 Å². The lowest BCUT2D eigenvalue weighted by Crippen LogP contribution is -2.23. The van der Waals surface area contributed by atoms with E-state index in [-0.39, 0.29) is 17.5 Å². The van der Waals surface area contributed by atoms with Crippen molar-refractivity contribution in [1.82, 2.24) is 10.6 Å². The van der Waals surface area contributed by atoms with Crippen LogP contribution in [0.1, 0.15) is 33.9 Å². The van der Waals surface area contributed by atoms with E-state index in [4.69, 9.17) is 5.73 Å². The van der Waals surface area contributed by atoms with E-state index in [1.54, 1.807) is 7.05 Å². The van der Waals surface area contributed by atoms with Crippen LogP contribution < -0.4 is 16.4 Å². The number of carbonyl (C=O) groups excluding carboxylic acids is 2. The molecule has 4 N–H and O–H groups in total. The standard InChI is InChI=1S/C11H17N3O2S2/c1-4-14-10(16)8-7(12)6(9(15)13-3)11(18-8)17-5-2/h4-5,12H2,1-3H3,(H,13,15)(H,14,16). The monoisotopic (exact) mass is 287 g/mol. The van der Waals surface area contributed by atoms with Crippen molar-refractivity contribution in [3.8, 4) is 0 Å². The van der Waals surface area contributed by atoms with E-state index in [1.165, 1.54) is 23.1 Å². The molecule has 5 nitrogen and oxygen atoms in total. The number of nitrogens with two attached hydrogens (primary N) is 1. The summed E-state index contributed by atoms with van der Waals surface area (Å²) in [5.41, 5.74) is 6.60. The summed E-state index contributed by atoms with van der Waals surface area (Å²) in [7, 11) is 1.55. The molecule has 1 rings (SSSR count). The average molecular weight is 287 g/mol. The lowest BCUT2D eigenvalue weighted by atomic mass is 10.2. The number of carbonyl (C=O) groups is 2. The minimum atomic E-state index is -0.254. The van der Waals surface area contributed by atoms with Crippen LogP contribution in [0.4, 0.5) is 5.69 Å². The molecule has 0 aliphatic heterocycles. The highest BCUT2D eigenvalue weighted by Crippen LogP contribution is 2.38. The molecular formula is C11H17N3O2S2. The molecule has 18 heavy (non-hydrogen) atoms. The fourth-order valence-electron chi connectivity index (χ4n) is 1.40. The van der Waals surface area contributed by atoms with E-state index in [0.29, 0.717) is 17.0 Å². The molecule has 0 saturated heterocycles. The second-order valence-electron chi connectivity index (χ2n) is 3.38. The number of rotatable bonds is 5. The van der Waals surface area contributed by atoms with Crippen LogP contribution in [0.3, 0.4) is 0 Å². The van der Waals surface area contributed by atoms with Gasteiger partial charge in [0.25, 0.3) is 11.8 Å². The number of anilines is 1. The lowest BCUT2D eigenvalue weighted by Gasteiger charge is -2.02. The van der Waals surface area contributed by atoms with Crippen LogP contribution in [-0.4, -0.2) is 31.2 Å². The van der Waals surface area contributed by atoms with Crippen molar-refractivity contribution in [2.75, 3.05) is 25.1 Å². The van der Waals surface area contributed by atoms with Crippen LogP contribution in [0, 0.1) is 0 Å². The van der Waals surface area contributed by atoms with Crippen LogP contribution in [0.25, 0.3) is 0 Å². The maximum atomic E-state index is 11.8. The van der Waals surface area contributed by atoms with Crippen molar-refractivity contribution in [2.24, 2.45) is 0 Å². The summed E-state index contributed by atoms with van der Waals surface area (Å²) in [6.45, 7) is 4.35. The Balaban J connectivity index is 3.23. The molecule has 1 aromatic heterocycles. The maximum Gasteiger partial charge on any atom is 0.263 e. The lowest BCUT2D eigenvalue weighted by molar-refractivity contribution is 0.0958. The van der Waals surface area contributed by atoms with E-state index in [1.807, 2.05) is 13.8 Å². The Morgan fingerprint density at radius 1 is 1.33 bits per heavy atom. The molecule has 1 aromatic rings. The first-order valence-electron chi connectivity index (χ1n) is 5.62. The van der Waals surface area contributed by atoms with Crippen molar-refractivity contribution in [3.63, 3.8) is 0 Å². The van der Waals surface area contributed by atoms with Crippen LogP contribution >= 0.6 is 23.1 Å². The van der Waals surface area contributed by atoms with Gasteiger partial charge in [0, 0.05) is 13.6 Å². The van der Waals surface area contributed by atoms with Crippen molar-refractivity contribution in [1.29, 1.82) is 0 Å². The SMILES string of the molecule is CCNC(=O)c1sc(SCC)c(C(=O)NC)c1N. The predicted octanol–water partition coefficient (Wildman–Crippen LogP) is 1.55. The molecule has 0 radical (unpaired) electrons. The van der Waals surface area contributed by atoms with E-state index in [2.05, 4.69) is 10.6 Å². The second-order valence-corrected chi connectivity index (χ2v) is 5.93.